The minimum Gasteiger partial charge on any atom is -0.319 e. The average Bonchev–Trinajstić information content (AvgIpc) is 2.53. The van der Waals surface area contributed by atoms with Crippen molar-refractivity contribution in [1.29, 1.82) is 0 Å². The highest BCUT2D eigenvalue weighted by atomic mass is 16.6. The lowest BCUT2D eigenvalue weighted by Gasteiger charge is -2.13. The summed E-state index contributed by atoms with van der Waals surface area (Å²) in [4.78, 5) is 34.0. The van der Waals surface area contributed by atoms with E-state index in [9.17, 15) is 19.7 Å². The van der Waals surface area contributed by atoms with Gasteiger partial charge < -0.3 is 5.73 Å². The molecule has 1 heterocycles. The Bertz CT molecular complexity index is 514. The molecule has 1 aliphatic rings. The van der Waals surface area contributed by atoms with E-state index in [0.29, 0.717) is 0 Å². The molecule has 1 aromatic rings. The van der Waals surface area contributed by atoms with Crippen molar-refractivity contribution in [2.45, 2.75) is 12.5 Å². The first-order chi connectivity index (χ1) is 8.00. The molecule has 2 N–H and O–H groups in total. The van der Waals surface area contributed by atoms with Gasteiger partial charge in [-0.25, -0.2) is 4.90 Å². The maximum Gasteiger partial charge on any atom is 0.271 e. The number of anilines is 1. The van der Waals surface area contributed by atoms with Gasteiger partial charge in [-0.15, -0.1) is 0 Å². The van der Waals surface area contributed by atoms with Crippen molar-refractivity contribution in [1.82, 2.24) is 0 Å². The van der Waals surface area contributed by atoms with Crippen LogP contribution in [-0.2, 0) is 9.59 Å². The van der Waals surface area contributed by atoms with Crippen LogP contribution in [0.5, 0.6) is 0 Å². The van der Waals surface area contributed by atoms with Gasteiger partial charge in [-0.3, -0.25) is 19.7 Å². The Labute approximate surface area is 96.0 Å². The van der Waals surface area contributed by atoms with Gasteiger partial charge in [0.05, 0.1) is 23.1 Å². The standard InChI is InChI=1S/C10H9N3O4/c11-8-5-9(14)12(10(8)15)6-2-1-3-7(4-6)13(16)17/h1-4,8H,5,11H2/t8-/m1/s1. The third-order valence-electron chi connectivity index (χ3n) is 2.48. The summed E-state index contributed by atoms with van der Waals surface area (Å²) in [7, 11) is 0. The number of nitrogens with two attached hydrogens (primary N) is 1. The maximum absolute atomic E-state index is 11.6. The van der Waals surface area contributed by atoms with Crippen LogP contribution in [0, 0.1) is 10.1 Å². The van der Waals surface area contributed by atoms with Crippen molar-refractivity contribution in [2.75, 3.05) is 4.90 Å². The van der Waals surface area contributed by atoms with Gasteiger partial charge in [0.15, 0.2) is 0 Å². The first-order valence-electron chi connectivity index (χ1n) is 4.87. The number of nitro groups is 1. The minimum atomic E-state index is -0.859. The number of carbonyl (C=O) groups excluding carboxylic acids is 2. The lowest BCUT2D eigenvalue weighted by molar-refractivity contribution is -0.384. The van der Waals surface area contributed by atoms with Crippen molar-refractivity contribution in [2.24, 2.45) is 5.73 Å². The fraction of sp³-hybridized carbons (Fsp3) is 0.200. The number of benzene rings is 1. The SMILES string of the molecule is N[C@@H]1CC(=O)N(c2cccc([N+](=O)[O-])c2)C1=O. The Morgan fingerprint density at radius 2 is 2.12 bits per heavy atom. The number of rotatable bonds is 2. The Morgan fingerprint density at radius 3 is 2.65 bits per heavy atom. The van der Waals surface area contributed by atoms with E-state index in [1.54, 1.807) is 0 Å². The number of nitrogens with zero attached hydrogens (tertiary/aromatic N) is 2. The van der Waals surface area contributed by atoms with Crippen LogP contribution in [0.15, 0.2) is 24.3 Å². The third-order valence-corrected chi connectivity index (χ3v) is 2.48. The zero-order valence-electron chi connectivity index (χ0n) is 8.70. The molecule has 7 nitrogen and oxygen atoms in total. The molecule has 0 unspecified atom stereocenters. The molecule has 0 aliphatic carbocycles. The molecule has 0 spiro atoms. The number of nitro benzene ring substituents is 1. The third kappa shape index (κ3) is 1.87. The maximum atomic E-state index is 11.6. The number of imide groups is 1. The fourth-order valence-electron chi connectivity index (χ4n) is 1.67. The van der Waals surface area contributed by atoms with E-state index in [1.807, 2.05) is 0 Å². The van der Waals surface area contributed by atoms with Crippen LogP contribution in [0.3, 0.4) is 0 Å². The minimum absolute atomic E-state index is 0.0679. The Hall–Kier alpha value is -2.28. The molecule has 17 heavy (non-hydrogen) atoms. The van der Waals surface area contributed by atoms with Gasteiger partial charge in [0.1, 0.15) is 0 Å². The van der Waals surface area contributed by atoms with Gasteiger partial charge in [0, 0.05) is 12.1 Å². The van der Waals surface area contributed by atoms with Gasteiger partial charge >= 0.3 is 0 Å². The number of hydrogen-bond acceptors (Lipinski definition) is 5. The number of amides is 2. The fourth-order valence-corrected chi connectivity index (χ4v) is 1.67. The summed E-state index contributed by atoms with van der Waals surface area (Å²) in [5, 5.41) is 10.6. The van der Waals surface area contributed by atoms with Gasteiger partial charge in [0.2, 0.25) is 5.91 Å². The Balaban J connectivity index is 2.40. The van der Waals surface area contributed by atoms with Crippen LogP contribution in [0.25, 0.3) is 0 Å². The van der Waals surface area contributed by atoms with Crippen LogP contribution < -0.4 is 10.6 Å². The van der Waals surface area contributed by atoms with Crippen LogP contribution in [-0.4, -0.2) is 22.8 Å². The van der Waals surface area contributed by atoms with E-state index in [1.165, 1.54) is 24.3 Å². The monoisotopic (exact) mass is 235 g/mol. The molecule has 1 atom stereocenters. The molecule has 0 radical (unpaired) electrons. The first-order valence-corrected chi connectivity index (χ1v) is 4.87. The predicted molar refractivity (Wildman–Crippen MR) is 58.2 cm³/mol. The van der Waals surface area contributed by atoms with Crippen molar-refractivity contribution in [3.05, 3.63) is 34.4 Å². The topological polar surface area (TPSA) is 107 Å². The molecule has 1 saturated heterocycles. The van der Waals surface area contributed by atoms with Gasteiger partial charge in [-0.05, 0) is 6.07 Å². The summed E-state index contributed by atoms with van der Waals surface area (Å²) >= 11 is 0. The van der Waals surface area contributed by atoms with E-state index < -0.39 is 22.8 Å². The lowest BCUT2D eigenvalue weighted by atomic mass is 10.2. The second kappa shape index (κ2) is 3.95. The quantitative estimate of drug-likeness (QED) is 0.447. The molecular weight excluding hydrogens is 226 g/mol. The van der Waals surface area contributed by atoms with Crippen molar-refractivity contribution < 1.29 is 14.5 Å². The molecule has 1 fully saturated rings. The molecule has 1 aliphatic heterocycles. The van der Waals surface area contributed by atoms with Gasteiger partial charge in [-0.2, -0.15) is 0 Å². The van der Waals surface area contributed by atoms with E-state index in [0.717, 1.165) is 4.90 Å². The summed E-state index contributed by atoms with van der Waals surface area (Å²) in [6.45, 7) is 0. The van der Waals surface area contributed by atoms with Crippen molar-refractivity contribution in [3.8, 4) is 0 Å². The lowest BCUT2D eigenvalue weighted by Crippen LogP contribution is -2.35. The largest absolute Gasteiger partial charge is 0.319 e. The molecular formula is C10H9N3O4. The second-order valence-electron chi connectivity index (χ2n) is 3.65. The highest BCUT2D eigenvalue weighted by molar-refractivity contribution is 6.22. The molecule has 2 amide bonds. The predicted octanol–water partition coefficient (Wildman–Crippen LogP) is 0.185. The molecule has 0 saturated carbocycles. The molecule has 1 aromatic carbocycles. The smallest absolute Gasteiger partial charge is 0.271 e. The zero-order valence-corrected chi connectivity index (χ0v) is 8.70. The first kappa shape index (κ1) is 11.2. The number of carbonyl (C=O) groups is 2. The van der Waals surface area contributed by atoms with E-state index in [-0.39, 0.29) is 17.8 Å². The highest BCUT2D eigenvalue weighted by Crippen LogP contribution is 2.25. The zero-order chi connectivity index (χ0) is 12.6. The molecule has 7 heteroatoms. The normalized spacial score (nSPS) is 19.8. The number of hydrogen-bond donors (Lipinski definition) is 1. The summed E-state index contributed by atoms with van der Waals surface area (Å²) in [6, 6.07) is 4.47. The van der Waals surface area contributed by atoms with Gasteiger partial charge in [-0.1, -0.05) is 6.07 Å². The summed E-state index contributed by atoms with van der Waals surface area (Å²) in [5.41, 5.74) is 5.45. The molecule has 0 aromatic heterocycles. The number of non-ortho nitro benzene ring substituents is 1. The van der Waals surface area contributed by atoms with E-state index >= 15 is 0 Å². The summed E-state index contributed by atoms with van der Waals surface area (Å²) in [5.74, 6) is -0.974. The van der Waals surface area contributed by atoms with Crippen molar-refractivity contribution in [3.63, 3.8) is 0 Å². The molecule has 0 bridgehead atoms. The van der Waals surface area contributed by atoms with Gasteiger partial charge in [0.25, 0.3) is 11.6 Å². The Kier molecular flexibility index (Phi) is 2.60. The van der Waals surface area contributed by atoms with Crippen LogP contribution >= 0.6 is 0 Å². The molecule has 88 valence electrons. The average molecular weight is 235 g/mol. The Morgan fingerprint density at radius 1 is 1.41 bits per heavy atom. The summed E-state index contributed by atoms with van der Waals surface area (Å²) in [6.07, 6.45) is -0.0679. The second-order valence-corrected chi connectivity index (χ2v) is 3.65. The van der Waals surface area contributed by atoms with Crippen LogP contribution in [0.4, 0.5) is 11.4 Å². The summed E-state index contributed by atoms with van der Waals surface area (Å²) < 4.78 is 0. The van der Waals surface area contributed by atoms with Crippen molar-refractivity contribution >= 4 is 23.2 Å². The van der Waals surface area contributed by atoms with Crippen LogP contribution in [0.2, 0.25) is 0 Å². The van der Waals surface area contributed by atoms with E-state index in [2.05, 4.69) is 0 Å². The van der Waals surface area contributed by atoms with Crippen LogP contribution in [0.1, 0.15) is 6.42 Å². The highest BCUT2D eigenvalue weighted by Gasteiger charge is 2.37. The molecule has 2 rings (SSSR count). The van der Waals surface area contributed by atoms with E-state index in [4.69, 9.17) is 5.73 Å².